The van der Waals surface area contributed by atoms with Gasteiger partial charge in [-0.25, -0.2) is 0 Å². The minimum Gasteiger partial charge on any atom is -0.870 e. The number of aliphatic hydroxyl groups is 2. The Labute approximate surface area is 125 Å². The summed E-state index contributed by atoms with van der Waals surface area (Å²) >= 11 is 0. The van der Waals surface area contributed by atoms with Gasteiger partial charge in [0.15, 0.2) is 0 Å². The van der Waals surface area contributed by atoms with Gasteiger partial charge in [-0.15, -0.1) is 0 Å². The van der Waals surface area contributed by atoms with Gasteiger partial charge in [0.25, 0.3) is 0 Å². The van der Waals surface area contributed by atoms with E-state index in [-0.39, 0.29) is 5.48 Å². The molecule has 0 aliphatic heterocycles. The quantitative estimate of drug-likeness (QED) is 0.340. The van der Waals surface area contributed by atoms with E-state index in [9.17, 15) is 0 Å². The maximum absolute atomic E-state index is 9.09. The summed E-state index contributed by atoms with van der Waals surface area (Å²) in [5.41, 5.74) is 0. The third-order valence-electron chi connectivity index (χ3n) is 3.59. The molecule has 0 spiro atoms. The second kappa shape index (κ2) is 15.2. The van der Waals surface area contributed by atoms with Gasteiger partial charge in [-0.3, -0.25) is 5.32 Å². The van der Waals surface area contributed by atoms with E-state index in [0.717, 1.165) is 13.0 Å². The Hall–Kier alpha value is -0.160. The van der Waals surface area contributed by atoms with E-state index in [1.165, 1.54) is 77.6 Å². The largest absolute Gasteiger partial charge is 0.870 e. The van der Waals surface area contributed by atoms with E-state index in [1.807, 2.05) is 0 Å². The zero-order valence-corrected chi connectivity index (χ0v) is 13.6. The van der Waals surface area contributed by atoms with Gasteiger partial charge in [0.1, 0.15) is 0 Å². The molecule has 0 unspecified atom stereocenters. The Kier molecular flexibility index (Phi) is 16.9. The maximum atomic E-state index is 9.09. The molecule has 0 aliphatic carbocycles. The van der Waals surface area contributed by atoms with Gasteiger partial charge >= 0.3 is 5.91 Å². The molecule has 20 heavy (non-hydrogen) atoms. The Balaban J connectivity index is 0. The standard InChI is InChI=1S/C16H35NO2.H2O/c1-3-4-5-6-7-8-9-10-11-12-13-14-15-17-16(2,18)19;/h17-19H,3-15H2,1-2H3;1H2. The molecule has 0 fully saturated rings. The van der Waals surface area contributed by atoms with Gasteiger partial charge in [0.2, 0.25) is 0 Å². The van der Waals surface area contributed by atoms with Crippen molar-refractivity contribution in [3.05, 3.63) is 0 Å². The van der Waals surface area contributed by atoms with Gasteiger partial charge in [-0.05, 0) is 12.8 Å². The average Bonchev–Trinajstić information content (AvgIpc) is 2.34. The van der Waals surface area contributed by atoms with Crippen molar-refractivity contribution in [3.63, 3.8) is 0 Å². The van der Waals surface area contributed by atoms with Crippen LogP contribution in [0.25, 0.3) is 0 Å². The molecule has 0 heterocycles. The van der Waals surface area contributed by atoms with E-state index < -0.39 is 5.91 Å². The van der Waals surface area contributed by atoms with Gasteiger partial charge in [0.05, 0.1) is 6.54 Å². The molecule has 0 aliphatic rings. The Bertz CT molecular complexity index is 181. The molecule has 0 bridgehead atoms. The van der Waals surface area contributed by atoms with E-state index in [1.54, 1.807) is 5.32 Å². The van der Waals surface area contributed by atoms with Crippen LogP contribution in [0.5, 0.6) is 0 Å². The molecular weight excluding hydrogens is 254 g/mol. The summed E-state index contributed by atoms with van der Waals surface area (Å²) in [4.78, 5) is 0. The monoisotopic (exact) mass is 291 g/mol. The number of rotatable bonds is 14. The minimum absolute atomic E-state index is 0. The fourth-order valence-corrected chi connectivity index (χ4v) is 2.36. The summed E-state index contributed by atoms with van der Waals surface area (Å²) in [6.07, 6.45) is 16.1. The molecule has 0 saturated heterocycles. The van der Waals surface area contributed by atoms with Gasteiger partial charge < -0.3 is 15.7 Å². The number of unbranched alkanes of at least 4 members (excludes halogenated alkanes) is 11. The first-order chi connectivity index (χ1) is 9.06. The number of nitrogens with two attached hydrogens (primary N) is 1. The summed E-state index contributed by atoms with van der Waals surface area (Å²) in [5.74, 6) is -1.59. The number of quaternary nitrogens is 1. The smallest absolute Gasteiger partial charge is 0.307 e. The minimum atomic E-state index is -1.59. The fraction of sp³-hybridized carbons (Fsp3) is 1.00. The highest BCUT2D eigenvalue weighted by molar-refractivity contribution is 4.48. The van der Waals surface area contributed by atoms with Crippen LogP contribution >= 0.6 is 0 Å². The number of hydrogen-bond acceptors (Lipinski definition) is 3. The van der Waals surface area contributed by atoms with Gasteiger partial charge in [0, 0.05) is 6.92 Å². The van der Waals surface area contributed by atoms with Crippen molar-refractivity contribution in [1.82, 2.24) is 0 Å². The summed E-state index contributed by atoms with van der Waals surface area (Å²) in [6.45, 7) is 4.48. The Morgan fingerprint density at radius 2 is 1.05 bits per heavy atom. The van der Waals surface area contributed by atoms with Crippen molar-refractivity contribution < 1.29 is 21.0 Å². The lowest BCUT2D eigenvalue weighted by atomic mass is 10.1. The molecule has 0 aromatic carbocycles. The zero-order valence-electron chi connectivity index (χ0n) is 13.6. The van der Waals surface area contributed by atoms with Crippen LogP contribution in [0, 0.1) is 0 Å². The number of hydrogen-bond donors (Lipinski definition) is 3. The SMILES string of the molecule is CCCCCCCCCCCCCC[NH2+]C(C)(O)O.[OH-]. The molecule has 0 saturated carbocycles. The molecule has 124 valence electrons. The molecule has 0 rings (SSSR count). The molecule has 0 aromatic heterocycles. The molecular formula is C16H37NO3. The maximum Gasteiger partial charge on any atom is 0.307 e. The first kappa shape index (κ1) is 22.1. The third kappa shape index (κ3) is 20.2. The molecule has 0 amide bonds. The predicted molar refractivity (Wildman–Crippen MR) is 82.6 cm³/mol. The normalized spacial score (nSPS) is 11.4. The van der Waals surface area contributed by atoms with Crippen LogP contribution in [0.2, 0.25) is 0 Å². The highest BCUT2D eigenvalue weighted by atomic mass is 16.5. The Morgan fingerprint density at radius 1 is 0.700 bits per heavy atom. The fourth-order valence-electron chi connectivity index (χ4n) is 2.36. The van der Waals surface area contributed by atoms with Crippen LogP contribution in [0.3, 0.4) is 0 Å². The van der Waals surface area contributed by atoms with E-state index >= 15 is 0 Å². The van der Waals surface area contributed by atoms with E-state index in [0.29, 0.717) is 0 Å². The van der Waals surface area contributed by atoms with Crippen molar-refractivity contribution in [2.75, 3.05) is 6.54 Å². The molecule has 0 radical (unpaired) electrons. The van der Waals surface area contributed by atoms with Crippen molar-refractivity contribution in [1.29, 1.82) is 0 Å². The molecule has 0 atom stereocenters. The molecule has 0 aromatic rings. The predicted octanol–water partition coefficient (Wildman–Crippen LogP) is 2.73. The van der Waals surface area contributed by atoms with Crippen LogP contribution in [-0.4, -0.2) is 28.1 Å². The van der Waals surface area contributed by atoms with Crippen molar-refractivity contribution >= 4 is 0 Å². The second-order valence-corrected chi connectivity index (χ2v) is 5.98. The van der Waals surface area contributed by atoms with Gasteiger partial charge in [-0.2, -0.15) is 0 Å². The van der Waals surface area contributed by atoms with Crippen molar-refractivity contribution in [2.24, 2.45) is 0 Å². The summed E-state index contributed by atoms with van der Waals surface area (Å²) in [7, 11) is 0. The van der Waals surface area contributed by atoms with Crippen LogP contribution in [0.4, 0.5) is 0 Å². The van der Waals surface area contributed by atoms with E-state index in [4.69, 9.17) is 10.2 Å². The highest BCUT2D eigenvalue weighted by Crippen LogP contribution is 2.11. The summed E-state index contributed by atoms with van der Waals surface area (Å²) < 4.78 is 0. The topological polar surface area (TPSA) is 87.1 Å². The van der Waals surface area contributed by atoms with Gasteiger partial charge in [-0.1, -0.05) is 71.1 Å². The summed E-state index contributed by atoms with van der Waals surface area (Å²) in [6, 6.07) is 0. The summed E-state index contributed by atoms with van der Waals surface area (Å²) in [5, 5.41) is 19.8. The lowest BCUT2D eigenvalue weighted by molar-refractivity contribution is -0.806. The van der Waals surface area contributed by atoms with Crippen molar-refractivity contribution in [2.45, 2.75) is 96.8 Å². The first-order valence-corrected chi connectivity index (χ1v) is 8.35. The second-order valence-electron chi connectivity index (χ2n) is 5.98. The highest BCUT2D eigenvalue weighted by Gasteiger charge is 2.16. The van der Waals surface area contributed by atoms with E-state index in [2.05, 4.69) is 6.92 Å². The van der Waals surface area contributed by atoms with Crippen LogP contribution in [-0.2, 0) is 0 Å². The molecule has 5 N–H and O–H groups in total. The van der Waals surface area contributed by atoms with Crippen LogP contribution in [0.15, 0.2) is 0 Å². The molecule has 4 nitrogen and oxygen atoms in total. The Morgan fingerprint density at radius 3 is 1.40 bits per heavy atom. The van der Waals surface area contributed by atoms with Crippen molar-refractivity contribution in [3.8, 4) is 0 Å². The average molecular weight is 291 g/mol. The van der Waals surface area contributed by atoms with Crippen LogP contribution in [0.1, 0.15) is 90.9 Å². The lowest BCUT2D eigenvalue weighted by Crippen LogP contribution is -2.96. The lowest BCUT2D eigenvalue weighted by Gasteiger charge is -2.13. The first-order valence-electron chi connectivity index (χ1n) is 8.35. The van der Waals surface area contributed by atoms with Crippen LogP contribution < -0.4 is 5.32 Å². The molecule has 4 heteroatoms. The zero-order chi connectivity index (χ0) is 14.4. The third-order valence-corrected chi connectivity index (χ3v) is 3.59.